The van der Waals surface area contributed by atoms with Crippen molar-refractivity contribution in [1.82, 2.24) is 14.3 Å². The zero-order valence-electron chi connectivity index (χ0n) is 16.9. The van der Waals surface area contributed by atoms with Gasteiger partial charge in [0, 0.05) is 12.7 Å². The molecule has 8 heteroatoms. The molecule has 30 heavy (non-hydrogen) atoms. The maximum atomic E-state index is 13.4. The SMILES string of the molecule is COc1ccc(S(=O)(=O)N2CCCC2c2cccc(Nc3ccccn3)n2)cc1C. The van der Waals surface area contributed by atoms with E-state index < -0.39 is 10.0 Å². The molecule has 3 aromatic rings. The summed E-state index contributed by atoms with van der Waals surface area (Å²) in [6, 6.07) is 15.9. The van der Waals surface area contributed by atoms with Gasteiger partial charge in [0.15, 0.2) is 0 Å². The van der Waals surface area contributed by atoms with Crippen molar-refractivity contribution in [2.75, 3.05) is 19.0 Å². The van der Waals surface area contributed by atoms with E-state index in [1.807, 2.05) is 43.3 Å². The van der Waals surface area contributed by atoms with Crippen LogP contribution in [0.25, 0.3) is 0 Å². The van der Waals surface area contributed by atoms with E-state index in [2.05, 4.69) is 15.3 Å². The normalized spacial score (nSPS) is 17.1. The van der Waals surface area contributed by atoms with Crippen LogP contribution in [0.15, 0.2) is 65.7 Å². The van der Waals surface area contributed by atoms with Gasteiger partial charge in [-0.2, -0.15) is 4.31 Å². The average Bonchev–Trinajstić information content (AvgIpc) is 3.25. The number of nitrogens with zero attached hydrogens (tertiary/aromatic N) is 3. The van der Waals surface area contributed by atoms with Crippen LogP contribution >= 0.6 is 0 Å². The van der Waals surface area contributed by atoms with Crippen LogP contribution < -0.4 is 10.1 Å². The molecule has 0 spiro atoms. The zero-order valence-corrected chi connectivity index (χ0v) is 17.8. The second-order valence-electron chi connectivity index (χ2n) is 7.19. The minimum Gasteiger partial charge on any atom is -0.496 e. The van der Waals surface area contributed by atoms with Crippen LogP contribution in [0.2, 0.25) is 0 Å². The van der Waals surface area contributed by atoms with E-state index in [9.17, 15) is 8.42 Å². The van der Waals surface area contributed by atoms with Crippen molar-refractivity contribution in [3.05, 3.63) is 72.1 Å². The Morgan fingerprint density at radius 1 is 1.10 bits per heavy atom. The van der Waals surface area contributed by atoms with Gasteiger partial charge in [0.2, 0.25) is 10.0 Å². The van der Waals surface area contributed by atoms with Gasteiger partial charge in [-0.05, 0) is 67.8 Å². The molecule has 0 radical (unpaired) electrons. The first kappa shape index (κ1) is 20.3. The summed E-state index contributed by atoms with van der Waals surface area (Å²) in [6.45, 7) is 2.31. The fraction of sp³-hybridized carbons (Fsp3) is 0.273. The Kier molecular flexibility index (Phi) is 5.69. The summed E-state index contributed by atoms with van der Waals surface area (Å²) in [5, 5.41) is 3.17. The van der Waals surface area contributed by atoms with Crippen molar-refractivity contribution < 1.29 is 13.2 Å². The van der Waals surface area contributed by atoms with E-state index in [1.54, 1.807) is 35.8 Å². The third kappa shape index (κ3) is 4.01. The van der Waals surface area contributed by atoms with Crippen molar-refractivity contribution in [3.63, 3.8) is 0 Å². The maximum Gasteiger partial charge on any atom is 0.243 e. The van der Waals surface area contributed by atoms with Crippen LogP contribution in [0.5, 0.6) is 5.75 Å². The van der Waals surface area contributed by atoms with E-state index in [4.69, 9.17) is 4.74 Å². The zero-order chi connectivity index (χ0) is 21.1. The van der Waals surface area contributed by atoms with E-state index in [0.29, 0.717) is 23.9 Å². The number of benzene rings is 1. The first-order valence-electron chi connectivity index (χ1n) is 9.80. The molecule has 1 fully saturated rings. The van der Waals surface area contributed by atoms with Crippen molar-refractivity contribution >= 4 is 21.7 Å². The number of methoxy groups -OCH3 is 1. The highest BCUT2D eigenvalue weighted by atomic mass is 32.2. The van der Waals surface area contributed by atoms with Crippen molar-refractivity contribution in [1.29, 1.82) is 0 Å². The Balaban J connectivity index is 1.62. The van der Waals surface area contributed by atoms with Crippen molar-refractivity contribution in [2.45, 2.75) is 30.7 Å². The molecular weight excluding hydrogens is 400 g/mol. The Morgan fingerprint density at radius 3 is 2.67 bits per heavy atom. The number of aromatic nitrogens is 2. The van der Waals surface area contributed by atoms with Crippen molar-refractivity contribution in [2.24, 2.45) is 0 Å². The summed E-state index contributed by atoms with van der Waals surface area (Å²) in [5.41, 5.74) is 1.51. The first-order valence-corrected chi connectivity index (χ1v) is 11.2. The van der Waals surface area contributed by atoms with Gasteiger partial charge in [-0.25, -0.2) is 18.4 Å². The highest BCUT2D eigenvalue weighted by Crippen LogP contribution is 2.37. The summed E-state index contributed by atoms with van der Waals surface area (Å²) in [6.07, 6.45) is 3.22. The van der Waals surface area contributed by atoms with Gasteiger partial charge < -0.3 is 10.1 Å². The fourth-order valence-corrected chi connectivity index (χ4v) is 5.50. The minimum atomic E-state index is -3.65. The molecule has 1 aliphatic heterocycles. The van der Waals surface area contributed by atoms with Gasteiger partial charge in [0.05, 0.1) is 23.7 Å². The molecule has 0 amide bonds. The topological polar surface area (TPSA) is 84.4 Å². The van der Waals surface area contributed by atoms with Gasteiger partial charge in [0.1, 0.15) is 17.4 Å². The summed E-state index contributed by atoms with van der Waals surface area (Å²) in [7, 11) is -2.08. The molecule has 0 bridgehead atoms. The number of sulfonamides is 1. The maximum absolute atomic E-state index is 13.4. The van der Waals surface area contributed by atoms with Crippen molar-refractivity contribution in [3.8, 4) is 5.75 Å². The number of rotatable bonds is 6. The lowest BCUT2D eigenvalue weighted by molar-refractivity contribution is 0.390. The second kappa shape index (κ2) is 8.41. The lowest BCUT2D eigenvalue weighted by Crippen LogP contribution is -2.31. The van der Waals surface area contributed by atoms with Crippen LogP contribution in [0.1, 0.15) is 30.1 Å². The minimum absolute atomic E-state index is 0.274. The molecule has 0 saturated carbocycles. The molecule has 7 nitrogen and oxygen atoms in total. The second-order valence-corrected chi connectivity index (χ2v) is 9.08. The average molecular weight is 425 g/mol. The predicted octanol–water partition coefficient (Wildman–Crippen LogP) is 4.06. The smallest absolute Gasteiger partial charge is 0.243 e. The molecular formula is C22H24N4O3S. The first-order chi connectivity index (χ1) is 14.5. The third-order valence-electron chi connectivity index (χ3n) is 5.21. The lowest BCUT2D eigenvalue weighted by Gasteiger charge is -2.24. The summed E-state index contributed by atoms with van der Waals surface area (Å²) >= 11 is 0. The van der Waals surface area contributed by atoms with Crippen LogP contribution in [0.3, 0.4) is 0 Å². The number of aryl methyl sites for hydroxylation is 1. The molecule has 0 aliphatic carbocycles. The van der Waals surface area contributed by atoms with Crippen LogP contribution in [-0.4, -0.2) is 36.3 Å². The Hall–Kier alpha value is -2.97. The van der Waals surface area contributed by atoms with Gasteiger partial charge in [-0.3, -0.25) is 0 Å². The largest absolute Gasteiger partial charge is 0.496 e. The molecule has 1 aromatic carbocycles. The van der Waals surface area contributed by atoms with Gasteiger partial charge in [-0.15, -0.1) is 0 Å². The molecule has 1 unspecified atom stereocenters. The number of anilines is 2. The molecule has 156 valence electrons. The predicted molar refractivity (Wildman–Crippen MR) is 115 cm³/mol. The standard InChI is InChI=1S/C22H24N4O3S/c1-16-15-17(11-12-20(16)29-2)30(27,28)26-14-6-8-19(26)18-7-5-10-22(24-18)25-21-9-3-4-13-23-21/h3-5,7,9-13,15,19H,6,8,14H2,1-2H3,(H,23,24,25). The van der Waals surface area contributed by atoms with Crippen LogP contribution in [-0.2, 0) is 10.0 Å². The quantitative estimate of drug-likeness (QED) is 0.642. The van der Waals surface area contributed by atoms with Gasteiger partial charge in [0.25, 0.3) is 0 Å². The van der Waals surface area contributed by atoms with E-state index >= 15 is 0 Å². The number of ether oxygens (including phenoxy) is 1. The highest BCUT2D eigenvalue weighted by Gasteiger charge is 2.37. The Bertz CT molecular complexity index is 1140. The summed E-state index contributed by atoms with van der Waals surface area (Å²) in [4.78, 5) is 9.20. The molecule has 3 heterocycles. The molecule has 4 rings (SSSR count). The van der Waals surface area contributed by atoms with Crippen LogP contribution in [0.4, 0.5) is 11.6 Å². The summed E-state index contributed by atoms with van der Waals surface area (Å²) in [5.74, 6) is 1.99. The molecule has 2 aromatic heterocycles. The third-order valence-corrected chi connectivity index (χ3v) is 7.11. The number of hydrogen-bond donors (Lipinski definition) is 1. The van der Waals surface area contributed by atoms with Crippen LogP contribution in [0, 0.1) is 6.92 Å². The molecule has 1 atom stereocenters. The molecule has 1 aliphatic rings. The Labute approximate surface area is 176 Å². The highest BCUT2D eigenvalue weighted by molar-refractivity contribution is 7.89. The number of pyridine rings is 2. The lowest BCUT2D eigenvalue weighted by atomic mass is 10.1. The number of hydrogen-bond acceptors (Lipinski definition) is 6. The van der Waals surface area contributed by atoms with E-state index in [0.717, 1.165) is 24.1 Å². The molecule has 1 saturated heterocycles. The molecule has 1 N–H and O–H groups in total. The summed E-state index contributed by atoms with van der Waals surface area (Å²) < 4.78 is 33.6. The number of nitrogens with one attached hydrogen (secondary N) is 1. The van der Waals surface area contributed by atoms with E-state index in [-0.39, 0.29) is 10.9 Å². The Morgan fingerprint density at radius 2 is 1.93 bits per heavy atom. The monoisotopic (exact) mass is 424 g/mol. The van der Waals surface area contributed by atoms with E-state index in [1.165, 1.54) is 0 Å². The van der Waals surface area contributed by atoms with Gasteiger partial charge >= 0.3 is 0 Å². The fourth-order valence-electron chi connectivity index (χ4n) is 3.74. The van der Waals surface area contributed by atoms with Gasteiger partial charge in [-0.1, -0.05) is 12.1 Å².